The summed E-state index contributed by atoms with van der Waals surface area (Å²) in [6.45, 7) is 1.75. The van der Waals surface area contributed by atoms with Crippen LogP contribution in [0.1, 0.15) is 23.6 Å². The molecule has 0 aromatic heterocycles. The van der Waals surface area contributed by atoms with E-state index in [2.05, 4.69) is 56.8 Å². The van der Waals surface area contributed by atoms with Gasteiger partial charge < -0.3 is 9.47 Å². The average Bonchev–Trinajstić information content (AvgIpc) is 3.16. The summed E-state index contributed by atoms with van der Waals surface area (Å²) in [6.07, 6.45) is 2.17. The number of carbonyl (C=O) groups is 1. The third kappa shape index (κ3) is 3.98. The van der Waals surface area contributed by atoms with E-state index in [1.165, 1.54) is 21.9 Å². The first-order chi connectivity index (χ1) is 14.1. The second-order valence-corrected chi connectivity index (χ2v) is 7.84. The van der Waals surface area contributed by atoms with Gasteiger partial charge in [0.2, 0.25) is 0 Å². The smallest absolute Gasteiger partial charge is 0.277 e. The first-order valence-electron chi connectivity index (χ1n) is 9.40. The van der Waals surface area contributed by atoms with Crippen molar-refractivity contribution in [3.8, 4) is 11.5 Å². The molecule has 0 heterocycles. The fraction of sp³-hybridized carbons (Fsp3) is 0.217. The molecular formula is C23H21BrN2O3. The third-order valence-corrected chi connectivity index (χ3v) is 5.59. The number of hydrazone groups is 1. The number of ether oxygens (including phenoxy) is 2. The number of rotatable bonds is 6. The molecule has 0 atom stereocenters. The minimum Gasteiger partial charge on any atom is -0.493 e. The molecule has 0 aliphatic heterocycles. The van der Waals surface area contributed by atoms with Crippen LogP contribution in [0.25, 0.3) is 10.8 Å². The molecule has 0 bridgehead atoms. The Morgan fingerprint density at radius 3 is 2.69 bits per heavy atom. The molecule has 5 nitrogen and oxygen atoms in total. The Balaban J connectivity index is 1.46. The zero-order valence-electron chi connectivity index (χ0n) is 16.3. The maximum Gasteiger partial charge on any atom is 0.277 e. The predicted octanol–water partition coefficient (Wildman–Crippen LogP) is 4.63. The van der Waals surface area contributed by atoms with Crippen LogP contribution in [-0.2, 0) is 17.6 Å². The second kappa shape index (κ2) is 8.25. The zero-order valence-corrected chi connectivity index (χ0v) is 17.9. The van der Waals surface area contributed by atoms with Crippen LogP contribution >= 0.6 is 15.9 Å². The van der Waals surface area contributed by atoms with E-state index < -0.39 is 0 Å². The number of nitrogens with zero attached hydrogens (tertiary/aromatic N) is 1. The topological polar surface area (TPSA) is 59.9 Å². The lowest BCUT2D eigenvalue weighted by Crippen LogP contribution is -2.25. The highest BCUT2D eigenvalue weighted by atomic mass is 79.9. The number of aryl methyl sites for hydroxylation is 2. The number of methoxy groups -OCH3 is 1. The van der Waals surface area contributed by atoms with Crippen LogP contribution in [0.15, 0.2) is 58.1 Å². The van der Waals surface area contributed by atoms with Gasteiger partial charge in [0.25, 0.3) is 5.91 Å². The molecule has 3 aromatic carbocycles. The van der Waals surface area contributed by atoms with E-state index in [9.17, 15) is 4.79 Å². The first kappa shape index (κ1) is 19.5. The van der Waals surface area contributed by atoms with E-state index in [1.54, 1.807) is 19.2 Å². The van der Waals surface area contributed by atoms with Crippen molar-refractivity contribution in [2.24, 2.45) is 5.10 Å². The van der Waals surface area contributed by atoms with E-state index in [0.717, 1.165) is 28.6 Å². The largest absolute Gasteiger partial charge is 0.493 e. The lowest BCUT2D eigenvalue weighted by atomic mass is 9.98. The highest BCUT2D eigenvalue weighted by Crippen LogP contribution is 2.33. The molecule has 1 N–H and O–H groups in total. The first-order valence-corrected chi connectivity index (χ1v) is 10.2. The maximum absolute atomic E-state index is 12.2. The van der Waals surface area contributed by atoms with Crippen molar-refractivity contribution < 1.29 is 14.3 Å². The standard InChI is InChI=1S/C23H21BrN2O3/c1-14(18-10-8-16-7-6-15-4-3-5-19(18)23(15)16)25-26-22(27)13-29-20-11-9-17(24)12-21(20)28-2/h3-5,8-12H,6-7,13H2,1-2H3,(H,26,27)/b25-14-. The molecule has 0 fully saturated rings. The Morgan fingerprint density at radius 2 is 1.90 bits per heavy atom. The predicted molar refractivity (Wildman–Crippen MR) is 118 cm³/mol. The van der Waals surface area contributed by atoms with Gasteiger partial charge in [-0.2, -0.15) is 5.10 Å². The zero-order chi connectivity index (χ0) is 20.4. The second-order valence-electron chi connectivity index (χ2n) is 6.93. The molecule has 0 saturated carbocycles. The van der Waals surface area contributed by atoms with Crippen LogP contribution in [0.2, 0.25) is 0 Å². The number of halogens is 1. The van der Waals surface area contributed by atoms with Crippen LogP contribution in [0.3, 0.4) is 0 Å². The summed E-state index contributed by atoms with van der Waals surface area (Å²) < 4.78 is 11.7. The van der Waals surface area contributed by atoms with Crippen molar-refractivity contribution in [2.75, 3.05) is 13.7 Å². The number of nitrogens with one attached hydrogen (secondary N) is 1. The van der Waals surface area contributed by atoms with Gasteiger partial charge in [0.1, 0.15) is 0 Å². The molecular weight excluding hydrogens is 432 g/mol. The number of benzene rings is 3. The van der Waals surface area contributed by atoms with Crippen LogP contribution in [0.4, 0.5) is 0 Å². The monoisotopic (exact) mass is 452 g/mol. The van der Waals surface area contributed by atoms with Gasteiger partial charge in [-0.25, -0.2) is 5.43 Å². The Bertz CT molecular complexity index is 1110. The van der Waals surface area contributed by atoms with Crippen molar-refractivity contribution in [1.29, 1.82) is 0 Å². The van der Waals surface area contributed by atoms with Gasteiger partial charge >= 0.3 is 0 Å². The lowest BCUT2D eigenvalue weighted by molar-refractivity contribution is -0.123. The fourth-order valence-electron chi connectivity index (χ4n) is 3.70. The molecule has 1 amide bonds. The van der Waals surface area contributed by atoms with Crippen molar-refractivity contribution in [1.82, 2.24) is 5.43 Å². The number of hydrogen-bond acceptors (Lipinski definition) is 4. The minimum atomic E-state index is -0.333. The Labute approximate surface area is 177 Å². The number of amides is 1. The van der Waals surface area contributed by atoms with Crippen molar-refractivity contribution in [3.05, 3.63) is 69.7 Å². The summed E-state index contributed by atoms with van der Waals surface area (Å²) in [4.78, 5) is 12.2. The normalized spacial score (nSPS) is 12.9. The quantitative estimate of drug-likeness (QED) is 0.438. The highest BCUT2D eigenvalue weighted by Gasteiger charge is 2.16. The third-order valence-electron chi connectivity index (χ3n) is 5.10. The summed E-state index contributed by atoms with van der Waals surface area (Å²) in [5.41, 5.74) is 7.14. The summed E-state index contributed by atoms with van der Waals surface area (Å²) >= 11 is 3.38. The minimum absolute atomic E-state index is 0.154. The van der Waals surface area contributed by atoms with Gasteiger partial charge in [0.15, 0.2) is 18.1 Å². The van der Waals surface area contributed by atoms with Crippen molar-refractivity contribution in [3.63, 3.8) is 0 Å². The molecule has 0 radical (unpaired) electrons. The average molecular weight is 453 g/mol. The summed E-state index contributed by atoms with van der Waals surface area (Å²) in [7, 11) is 1.56. The Hall–Kier alpha value is -2.86. The van der Waals surface area contributed by atoms with Crippen molar-refractivity contribution >= 4 is 38.3 Å². The van der Waals surface area contributed by atoms with Gasteiger partial charge in [-0.1, -0.05) is 46.3 Å². The molecule has 4 rings (SSSR count). The highest BCUT2D eigenvalue weighted by molar-refractivity contribution is 9.10. The maximum atomic E-state index is 12.2. The Morgan fingerprint density at radius 1 is 1.10 bits per heavy atom. The molecule has 29 heavy (non-hydrogen) atoms. The van der Waals surface area contributed by atoms with E-state index in [-0.39, 0.29) is 12.5 Å². The number of hydrogen-bond donors (Lipinski definition) is 1. The molecule has 148 valence electrons. The molecule has 0 spiro atoms. The molecule has 3 aromatic rings. The summed E-state index contributed by atoms with van der Waals surface area (Å²) in [5.74, 6) is 0.721. The van der Waals surface area contributed by atoms with E-state index in [0.29, 0.717) is 11.5 Å². The molecule has 0 saturated heterocycles. The van der Waals surface area contributed by atoms with Crippen LogP contribution in [0, 0.1) is 0 Å². The van der Waals surface area contributed by atoms with E-state index in [1.807, 2.05) is 13.0 Å². The molecule has 0 unspecified atom stereocenters. The van der Waals surface area contributed by atoms with Crippen LogP contribution < -0.4 is 14.9 Å². The molecule has 1 aliphatic carbocycles. The lowest BCUT2D eigenvalue weighted by Gasteiger charge is -2.11. The Kier molecular flexibility index (Phi) is 5.53. The molecule has 1 aliphatic rings. The fourth-order valence-corrected chi connectivity index (χ4v) is 4.05. The van der Waals surface area contributed by atoms with Crippen LogP contribution in [0.5, 0.6) is 11.5 Å². The van der Waals surface area contributed by atoms with E-state index in [4.69, 9.17) is 9.47 Å². The van der Waals surface area contributed by atoms with Gasteiger partial charge in [-0.15, -0.1) is 0 Å². The number of carbonyl (C=O) groups excluding carboxylic acids is 1. The van der Waals surface area contributed by atoms with Gasteiger partial charge in [-0.05, 0) is 59.9 Å². The summed E-state index contributed by atoms with van der Waals surface area (Å²) in [5, 5.41) is 6.81. The van der Waals surface area contributed by atoms with Gasteiger partial charge in [-0.3, -0.25) is 4.79 Å². The summed E-state index contributed by atoms with van der Waals surface area (Å²) in [6, 6.07) is 16.0. The van der Waals surface area contributed by atoms with Gasteiger partial charge in [0, 0.05) is 10.0 Å². The van der Waals surface area contributed by atoms with E-state index >= 15 is 0 Å². The molecule has 6 heteroatoms. The van der Waals surface area contributed by atoms with Crippen molar-refractivity contribution in [2.45, 2.75) is 19.8 Å². The SMILES string of the molecule is COc1cc(Br)ccc1OCC(=O)N/N=C(/C)c1ccc2c3c(cccc13)CC2. The van der Waals surface area contributed by atoms with Crippen LogP contribution in [-0.4, -0.2) is 25.3 Å². The van der Waals surface area contributed by atoms with Gasteiger partial charge in [0.05, 0.1) is 12.8 Å².